The third-order valence-corrected chi connectivity index (χ3v) is 6.24. The van der Waals surface area contributed by atoms with Gasteiger partial charge in [-0.25, -0.2) is 13.2 Å². The fourth-order valence-electron chi connectivity index (χ4n) is 4.98. The van der Waals surface area contributed by atoms with Crippen molar-refractivity contribution in [1.82, 2.24) is 9.88 Å². The molecule has 3 aromatic rings. The SMILES string of the molecule is C=Cc1cc(F)c(C2(C)c3[nH]c4ccccc4c3CC(C)N2CC(C)(C)F)c(F)c1. The van der Waals surface area contributed by atoms with E-state index in [1.165, 1.54) is 32.1 Å². The van der Waals surface area contributed by atoms with E-state index < -0.39 is 22.8 Å². The van der Waals surface area contributed by atoms with Crippen molar-refractivity contribution in [1.29, 1.82) is 0 Å². The summed E-state index contributed by atoms with van der Waals surface area (Å²) >= 11 is 0. The van der Waals surface area contributed by atoms with Crippen LogP contribution in [0.5, 0.6) is 0 Å². The molecule has 2 atom stereocenters. The molecule has 158 valence electrons. The highest BCUT2D eigenvalue weighted by Crippen LogP contribution is 2.47. The highest BCUT2D eigenvalue weighted by atomic mass is 19.1. The lowest BCUT2D eigenvalue weighted by Gasteiger charge is -2.50. The summed E-state index contributed by atoms with van der Waals surface area (Å²) < 4.78 is 45.6. The molecule has 1 aliphatic heterocycles. The lowest BCUT2D eigenvalue weighted by molar-refractivity contribution is 0.0157. The number of hydrogen-bond acceptors (Lipinski definition) is 1. The summed E-state index contributed by atoms with van der Waals surface area (Å²) in [6.07, 6.45) is 2.08. The first-order chi connectivity index (χ1) is 14.1. The molecule has 4 rings (SSSR count). The van der Waals surface area contributed by atoms with E-state index in [1.54, 1.807) is 6.92 Å². The maximum absolute atomic E-state index is 15.4. The molecule has 2 heterocycles. The monoisotopic (exact) mass is 412 g/mol. The molecule has 30 heavy (non-hydrogen) atoms. The highest BCUT2D eigenvalue weighted by molar-refractivity contribution is 5.85. The summed E-state index contributed by atoms with van der Waals surface area (Å²) in [5.41, 5.74) is 0.212. The Morgan fingerprint density at radius 1 is 1.23 bits per heavy atom. The van der Waals surface area contributed by atoms with Crippen LogP contribution in [-0.2, 0) is 12.0 Å². The maximum atomic E-state index is 15.4. The molecule has 0 fully saturated rings. The molecule has 2 aromatic carbocycles. The van der Waals surface area contributed by atoms with Crippen LogP contribution in [0, 0.1) is 11.6 Å². The normalized spacial score (nSPS) is 22.3. The van der Waals surface area contributed by atoms with E-state index in [4.69, 9.17) is 0 Å². The summed E-state index contributed by atoms with van der Waals surface area (Å²) in [5.74, 6) is -1.32. The number of benzene rings is 2. The van der Waals surface area contributed by atoms with E-state index in [-0.39, 0.29) is 18.2 Å². The van der Waals surface area contributed by atoms with Gasteiger partial charge in [0.05, 0.1) is 5.54 Å². The minimum Gasteiger partial charge on any atom is -0.356 e. The van der Waals surface area contributed by atoms with Crippen LogP contribution in [0.15, 0.2) is 43.0 Å². The number of aromatic amines is 1. The first-order valence-electron chi connectivity index (χ1n) is 10.2. The Morgan fingerprint density at radius 3 is 2.47 bits per heavy atom. The molecule has 2 nitrogen and oxygen atoms in total. The fourth-order valence-corrected chi connectivity index (χ4v) is 4.98. The molecule has 1 aromatic heterocycles. The summed E-state index contributed by atoms with van der Waals surface area (Å²) in [6, 6.07) is 10.3. The number of H-pyrrole nitrogens is 1. The maximum Gasteiger partial charge on any atom is 0.132 e. The van der Waals surface area contributed by atoms with Crippen LogP contribution in [0.1, 0.15) is 50.1 Å². The molecule has 0 aliphatic carbocycles. The number of aromatic nitrogens is 1. The van der Waals surface area contributed by atoms with Crippen LogP contribution in [0.2, 0.25) is 0 Å². The molecule has 1 aliphatic rings. The van der Waals surface area contributed by atoms with Gasteiger partial charge in [0.25, 0.3) is 0 Å². The van der Waals surface area contributed by atoms with Crippen molar-refractivity contribution >= 4 is 17.0 Å². The van der Waals surface area contributed by atoms with Crippen LogP contribution in [-0.4, -0.2) is 28.1 Å². The first-order valence-corrected chi connectivity index (χ1v) is 10.2. The van der Waals surface area contributed by atoms with Crippen LogP contribution >= 0.6 is 0 Å². The van der Waals surface area contributed by atoms with Gasteiger partial charge in [-0.3, -0.25) is 4.90 Å². The number of fused-ring (bicyclic) bond motifs is 3. The summed E-state index contributed by atoms with van der Waals surface area (Å²) in [6.45, 7) is 10.4. The molecular formula is C25H27F3N2. The van der Waals surface area contributed by atoms with Gasteiger partial charge in [-0.15, -0.1) is 0 Å². The zero-order chi connectivity index (χ0) is 21.8. The van der Waals surface area contributed by atoms with E-state index in [1.807, 2.05) is 36.1 Å². The zero-order valence-electron chi connectivity index (χ0n) is 17.8. The largest absolute Gasteiger partial charge is 0.356 e. The minimum atomic E-state index is -1.53. The molecule has 0 saturated carbocycles. The molecule has 0 radical (unpaired) electrons. The van der Waals surface area contributed by atoms with Gasteiger partial charge in [0, 0.05) is 34.7 Å². The summed E-state index contributed by atoms with van der Waals surface area (Å²) in [4.78, 5) is 5.30. The topological polar surface area (TPSA) is 19.0 Å². The summed E-state index contributed by atoms with van der Waals surface area (Å²) in [7, 11) is 0. The Hall–Kier alpha value is -2.53. The van der Waals surface area contributed by atoms with Crippen LogP contribution in [0.4, 0.5) is 13.2 Å². The molecule has 0 saturated heterocycles. The smallest absolute Gasteiger partial charge is 0.132 e. The number of rotatable bonds is 4. The predicted molar refractivity (Wildman–Crippen MR) is 116 cm³/mol. The minimum absolute atomic E-state index is 0.0432. The van der Waals surface area contributed by atoms with Gasteiger partial charge >= 0.3 is 0 Å². The Kier molecular flexibility index (Phi) is 4.85. The third kappa shape index (κ3) is 3.16. The van der Waals surface area contributed by atoms with E-state index >= 15 is 8.78 Å². The average molecular weight is 412 g/mol. The molecule has 2 unspecified atom stereocenters. The van der Waals surface area contributed by atoms with Gasteiger partial charge in [-0.1, -0.05) is 30.9 Å². The van der Waals surface area contributed by atoms with E-state index in [2.05, 4.69) is 11.6 Å². The van der Waals surface area contributed by atoms with Crippen molar-refractivity contribution in [2.45, 2.75) is 51.4 Å². The van der Waals surface area contributed by atoms with Crippen LogP contribution < -0.4 is 0 Å². The van der Waals surface area contributed by atoms with E-state index in [0.717, 1.165) is 22.2 Å². The Bertz CT molecular complexity index is 1100. The van der Waals surface area contributed by atoms with Gasteiger partial charge in [0.15, 0.2) is 0 Å². The zero-order valence-corrected chi connectivity index (χ0v) is 17.8. The Balaban J connectivity index is 2.05. The van der Waals surface area contributed by atoms with E-state index in [9.17, 15) is 4.39 Å². The number of alkyl halides is 1. The molecule has 0 amide bonds. The van der Waals surface area contributed by atoms with Gasteiger partial charge in [-0.05, 0) is 63.4 Å². The van der Waals surface area contributed by atoms with Crippen LogP contribution in [0.3, 0.4) is 0 Å². The number of hydrogen-bond donors (Lipinski definition) is 1. The molecule has 5 heteroatoms. The second kappa shape index (κ2) is 7.02. The fraction of sp³-hybridized carbons (Fsp3) is 0.360. The average Bonchev–Trinajstić information content (AvgIpc) is 3.03. The third-order valence-electron chi connectivity index (χ3n) is 6.24. The van der Waals surface area contributed by atoms with Gasteiger partial charge < -0.3 is 4.98 Å². The van der Waals surface area contributed by atoms with Gasteiger partial charge in [-0.2, -0.15) is 0 Å². The standard InChI is InChI=1S/C25H27F3N2/c1-6-16-12-19(26)22(20(27)13-16)25(5)23-18(17-9-7-8-10-21(17)29-23)11-15(2)30(25)14-24(3,4)28/h6-10,12-13,15,29H,1,11,14H2,2-5H3. The number of nitrogens with zero attached hydrogens (tertiary/aromatic N) is 1. The molecule has 1 N–H and O–H groups in total. The predicted octanol–water partition coefficient (Wildman–Crippen LogP) is 6.35. The molecule has 0 spiro atoms. The lowest BCUT2D eigenvalue weighted by atomic mass is 9.77. The Labute approximate surface area is 175 Å². The van der Waals surface area contributed by atoms with Crippen LogP contribution in [0.25, 0.3) is 17.0 Å². The second-order valence-electron chi connectivity index (χ2n) is 9.06. The quantitative estimate of drug-likeness (QED) is 0.529. The first kappa shape index (κ1) is 20.7. The molecular weight excluding hydrogens is 385 g/mol. The van der Waals surface area contributed by atoms with Crippen molar-refractivity contribution in [3.8, 4) is 0 Å². The van der Waals surface area contributed by atoms with Crippen molar-refractivity contribution < 1.29 is 13.2 Å². The van der Waals surface area contributed by atoms with Crippen molar-refractivity contribution in [3.05, 3.63) is 77.0 Å². The van der Waals surface area contributed by atoms with Gasteiger partial charge in [0.2, 0.25) is 0 Å². The van der Waals surface area contributed by atoms with Crippen molar-refractivity contribution in [2.75, 3.05) is 6.54 Å². The number of para-hydroxylation sites is 1. The lowest BCUT2D eigenvalue weighted by Crippen LogP contribution is -2.57. The summed E-state index contributed by atoms with van der Waals surface area (Å²) in [5, 5.41) is 1.04. The second-order valence-corrected chi connectivity index (χ2v) is 9.06. The number of nitrogens with one attached hydrogen (secondary N) is 1. The van der Waals surface area contributed by atoms with E-state index in [0.29, 0.717) is 12.0 Å². The molecule has 0 bridgehead atoms. The van der Waals surface area contributed by atoms with Crippen molar-refractivity contribution in [3.63, 3.8) is 0 Å². The number of halogens is 3. The Morgan fingerprint density at radius 2 is 1.87 bits per heavy atom. The van der Waals surface area contributed by atoms with Crippen molar-refractivity contribution in [2.24, 2.45) is 0 Å². The highest BCUT2D eigenvalue weighted by Gasteiger charge is 2.49. The van der Waals surface area contributed by atoms with Gasteiger partial charge in [0.1, 0.15) is 17.3 Å².